The number of benzene rings is 2. The van der Waals surface area contributed by atoms with Crippen LogP contribution >= 0.6 is 34.8 Å². The van der Waals surface area contributed by atoms with Gasteiger partial charge in [0.1, 0.15) is 5.57 Å². The summed E-state index contributed by atoms with van der Waals surface area (Å²) in [6.45, 7) is 1.67. The number of nitrogens with zero attached hydrogens (tertiary/aromatic N) is 1. The summed E-state index contributed by atoms with van der Waals surface area (Å²) >= 11 is 18.0. The molecular weight excluding hydrogens is 399 g/mol. The van der Waals surface area contributed by atoms with E-state index >= 15 is 0 Å². The third-order valence-electron chi connectivity index (χ3n) is 3.84. The van der Waals surface area contributed by atoms with Gasteiger partial charge in [-0.1, -0.05) is 46.9 Å². The van der Waals surface area contributed by atoms with Crippen molar-refractivity contribution in [2.24, 2.45) is 0 Å². The molecule has 5 nitrogen and oxygen atoms in total. The fourth-order valence-corrected chi connectivity index (χ4v) is 3.12. The Kier molecular flexibility index (Phi) is 5.05. The summed E-state index contributed by atoms with van der Waals surface area (Å²) in [4.78, 5) is 38.2. The summed E-state index contributed by atoms with van der Waals surface area (Å²) in [6, 6.07) is 8.62. The molecule has 4 amide bonds. The first-order valence-corrected chi connectivity index (χ1v) is 8.54. The third-order valence-corrected chi connectivity index (χ3v) is 4.82. The smallest absolute Gasteiger partial charge is 0.273 e. The molecule has 1 aliphatic heterocycles. The first-order valence-electron chi connectivity index (χ1n) is 7.41. The zero-order valence-corrected chi connectivity index (χ0v) is 15.6. The maximum absolute atomic E-state index is 12.9. The van der Waals surface area contributed by atoms with E-state index in [9.17, 15) is 14.4 Å². The maximum Gasteiger partial charge on any atom is 0.335 e. The van der Waals surface area contributed by atoms with E-state index in [1.54, 1.807) is 37.3 Å². The van der Waals surface area contributed by atoms with Crippen molar-refractivity contribution >= 4 is 64.4 Å². The number of hydrogen-bond donors (Lipinski definition) is 1. The molecular formula is C18H11Cl3N2O3. The van der Waals surface area contributed by atoms with E-state index in [0.717, 1.165) is 4.90 Å². The monoisotopic (exact) mass is 408 g/mol. The SMILES string of the molecule is Cc1c(Cl)cccc1N1C(=O)NC(=O)/C(=C\c2ccc(Cl)cc2Cl)C1=O. The number of carbonyl (C=O) groups excluding carboxylic acids is 3. The van der Waals surface area contributed by atoms with Crippen molar-refractivity contribution in [2.45, 2.75) is 6.92 Å². The van der Waals surface area contributed by atoms with E-state index in [2.05, 4.69) is 5.32 Å². The van der Waals surface area contributed by atoms with Crippen LogP contribution in [0.15, 0.2) is 42.0 Å². The molecule has 0 unspecified atom stereocenters. The minimum atomic E-state index is -0.843. The quantitative estimate of drug-likeness (QED) is 0.581. The fourth-order valence-electron chi connectivity index (χ4n) is 2.49. The van der Waals surface area contributed by atoms with E-state index in [0.29, 0.717) is 26.9 Å². The minimum Gasteiger partial charge on any atom is -0.273 e. The van der Waals surface area contributed by atoms with Crippen LogP contribution < -0.4 is 10.2 Å². The van der Waals surface area contributed by atoms with E-state index < -0.39 is 17.8 Å². The number of rotatable bonds is 2. The molecule has 0 aromatic heterocycles. The summed E-state index contributed by atoms with van der Waals surface area (Å²) < 4.78 is 0. The summed E-state index contributed by atoms with van der Waals surface area (Å²) in [5.41, 5.74) is 1.02. The van der Waals surface area contributed by atoms with Crippen LogP contribution in [0.25, 0.3) is 6.08 Å². The van der Waals surface area contributed by atoms with Crippen molar-refractivity contribution in [3.63, 3.8) is 0 Å². The topological polar surface area (TPSA) is 66.5 Å². The lowest BCUT2D eigenvalue weighted by Crippen LogP contribution is -2.54. The molecule has 1 N–H and O–H groups in total. The Hall–Kier alpha value is -2.34. The second-order valence-electron chi connectivity index (χ2n) is 5.51. The molecule has 0 aliphatic carbocycles. The molecule has 1 heterocycles. The summed E-state index contributed by atoms with van der Waals surface area (Å²) in [5.74, 6) is -1.57. The van der Waals surface area contributed by atoms with Crippen molar-refractivity contribution in [1.29, 1.82) is 0 Å². The number of urea groups is 1. The van der Waals surface area contributed by atoms with E-state index in [1.807, 2.05) is 0 Å². The van der Waals surface area contributed by atoms with E-state index in [4.69, 9.17) is 34.8 Å². The van der Waals surface area contributed by atoms with Gasteiger partial charge in [-0.25, -0.2) is 9.69 Å². The largest absolute Gasteiger partial charge is 0.335 e. The Balaban J connectivity index is 2.09. The highest BCUT2D eigenvalue weighted by molar-refractivity contribution is 6.41. The van der Waals surface area contributed by atoms with Crippen molar-refractivity contribution in [1.82, 2.24) is 5.32 Å². The molecule has 2 aromatic carbocycles. The first kappa shape index (κ1) is 18.5. The van der Waals surface area contributed by atoms with Crippen molar-refractivity contribution in [3.8, 4) is 0 Å². The van der Waals surface area contributed by atoms with Crippen LogP contribution in [0.5, 0.6) is 0 Å². The predicted molar refractivity (Wildman–Crippen MR) is 102 cm³/mol. The van der Waals surface area contributed by atoms with Gasteiger partial charge >= 0.3 is 6.03 Å². The van der Waals surface area contributed by atoms with Gasteiger partial charge in [0.15, 0.2) is 0 Å². The number of hydrogen-bond acceptors (Lipinski definition) is 3. The van der Waals surface area contributed by atoms with Gasteiger partial charge in [0.05, 0.1) is 5.69 Å². The number of nitrogens with one attached hydrogen (secondary N) is 1. The van der Waals surface area contributed by atoms with Gasteiger partial charge in [0.25, 0.3) is 11.8 Å². The lowest BCUT2D eigenvalue weighted by atomic mass is 10.1. The Morgan fingerprint density at radius 1 is 1.00 bits per heavy atom. The number of imide groups is 2. The molecule has 132 valence electrons. The van der Waals surface area contributed by atoms with Gasteiger partial charge in [0.2, 0.25) is 0 Å². The van der Waals surface area contributed by atoms with Crippen molar-refractivity contribution < 1.29 is 14.4 Å². The highest BCUT2D eigenvalue weighted by atomic mass is 35.5. The predicted octanol–water partition coefficient (Wildman–Crippen LogP) is 4.62. The Morgan fingerprint density at radius 3 is 2.42 bits per heavy atom. The lowest BCUT2D eigenvalue weighted by Gasteiger charge is -2.27. The molecule has 0 bridgehead atoms. The molecule has 1 saturated heterocycles. The Morgan fingerprint density at radius 2 is 1.73 bits per heavy atom. The second kappa shape index (κ2) is 7.11. The van der Waals surface area contributed by atoms with Crippen LogP contribution in [0.3, 0.4) is 0 Å². The normalized spacial score (nSPS) is 16.2. The summed E-state index contributed by atoms with van der Waals surface area (Å²) in [7, 11) is 0. The molecule has 0 spiro atoms. The zero-order chi connectivity index (χ0) is 19.0. The second-order valence-corrected chi connectivity index (χ2v) is 6.76. The maximum atomic E-state index is 12.9. The molecule has 1 fully saturated rings. The summed E-state index contributed by atoms with van der Waals surface area (Å²) in [6.07, 6.45) is 1.32. The highest BCUT2D eigenvalue weighted by Gasteiger charge is 2.37. The highest BCUT2D eigenvalue weighted by Crippen LogP contribution is 2.30. The average molecular weight is 410 g/mol. The molecule has 0 radical (unpaired) electrons. The fraction of sp³-hybridized carbons (Fsp3) is 0.0556. The number of anilines is 1. The molecule has 0 atom stereocenters. The van der Waals surface area contributed by atoms with Gasteiger partial charge in [0, 0.05) is 15.1 Å². The van der Waals surface area contributed by atoms with Crippen LogP contribution in [0.1, 0.15) is 11.1 Å². The zero-order valence-electron chi connectivity index (χ0n) is 13.3. The molecule has 2 aromatic rings. The van der Waals surface area contributed by atoms with Crippen LogP contribution in [0.4, 0.5) is 10.5 Å². The van der Waals surface area contributed by atoms with Gasteiger partial charge in [-0.05, 0) is 48.4 Å². The minimum absolute atomic E-state index is 0.229. The van der Waals surface area contributed by atoms with Crippen molar-refractivity contribution in [2.75, 3.05) is 4.90 Å². The van der Waals surface area contributed by atoms with Crippen LogP contribution in [-0.2, 0) is 9.59 Å². The first-order chi connectivity index (χ1) is 12.3. The molecule has 26 heavy (non-hydrogen) atoms. The number of halogens is 3. The average Bonchev–Trinajstić information content (AvgIpc) is 2.57. The third kappa shape index (κ3) is 3.33. The Labute approximate surface area is 164 Å². The van der Waals surface area contributed by atoms with Gasteiger partial charge < -0.3 is 0 Å². The number of carbonyl (C=O) groups is 3. The molecule has 0 saturated carbocycles. The lowest BCUT2D eigenvalue weighted by molar-refractivity contribution is -0.122. The Bertz CT molecular complexity index is 986. The molecule has 1 aliphatic rings. The van der Waals surface area contributed by atoms with Crippen LogP contribution in [0.2, 0.25) is 15.1 Å². The standard InChI is InChI=1S/C18H11Cl3N2O3/c1-9-13(20)3-2-4-15(9)23-17(25)12(16(24)22-18(23)26)7-10-5-6-11(19)8-14(10)21/h2-8H,1H3,(H,22,24,26)/b12-7+. The van der Waals surface area contributed by atoms with Crippen LogP contribution in [0, 0.1) is 6.92 Å². The van der Waals surface area contributed by atoms with Gasteiger partial charge in [-0.2, -0.15) is 0 Å². The van der Waals surface area contributed by atoms with E-state index in [1.165, 1.54) is 12.1 Å². The summed E-state index contributed by atoms with van der Waals surface area (Å²) in [5, 5.41) is 3.24. The van der Waals surface area contributed by atoms with Gasteiger partial charge in [-0.15, -0.1) is 0 Å². The number of amides is 4. The van der Waals surface area contributed by atoms with Crippen LogP contribution in [-0.4, -0.2) is 17.8 Å². The van der Waals surface area contributed by atoms with Crippen molar-refractivity contribution in [3.05, 3.63) is 68.2 Å². The van der Waals surface area contributed by atoms with Gasteiger partial charge in [-0.3, -0.25) is 14.9 Å². The molecule has 8 heteroatoms. The van der Waals surface area contributed by atoms with E-state index in [-0.39, 0.29) is 10.6 Å². The number of barbiturate groups is 1. The molecule has 3 rings (SSSR count).